The molecule has 0 unspecified atom stereocenters. The van der Waals surface area contributed by atoms with Gasteiger partial charge in [-0.15, -0.1) is 0 Å². The van der Waals surface area contributed by atoms with E-state index >= 15 is 0 Å². The van der Waals surface area contributed by atoms with Crippen molar-refractivity contribution in [3.8, 4) is 0 Å². The number of anilines is 1. The Bertz CT molecular complexity index is 1130. The summed E-state index contributed by atoms with van der Waals surface area (Å²) in [6.07, 6.45) is 0. The third-order valence-electron chi connectivity index (χ3n) is 5.07. The van der Waals surface area contributed by atoms with Crippen molar-refractivity contribution in [3.05, 3.63) is 51.2 Å². The van der Waals surface area contributed by atoms with Crippen LogP contribution in [-0.4, -0.2) is 50.8 Å². The van der Waals surface area contributed by atoms with E-state index in [-0.39, 0.29) is 18.1 Å². The number of aromatic nitrogens is 4. The number of hydrogen-bond acceptors (Lipinski definition) is 5. The highest BCUT2D eigenvalue weighted by atomic mass is 35.5. The molecule has 9 heteroatoms. The maximum Gasteiger partial charge on any atom is 0.346 e. The van der Waals surface area contributed by atoms with E-state index in [0.717, 1.165) is 22.3 Å². The summed E-state index contributed by atoms with van der Waals surface area (Å²) in [5, 5.41) is 6.09. The molecular formula is C19H21ClN6O2. The number of halogens is 1. The molecule has 146 valence electrons. The summed E-state index contributed by atoms with van der Waals surface area (Å²) < 4.78 is 2.86. The lowest BCUT2D eigenvalue weighted by molar-refractivity contribution is -0.129. The second kappa shape index (κ2) is 6.94. The molecule has 2 aromatic heterocycles. The van der Waals surface area contributed by atoms with Gasteiger partial charge in [-0.25, -0.2) is 14.5 Å². The van der Waals surface area contributed by atoms with Crippen molar-refractivity contribution in [3.63, 3.8) is 0 Å². The Morgan fingerprint density at radius 1 is 1.21 bits per heavy atom. The molecule has 0 atom stereocenters. The second-order valence-corrected chi connectivity index (χ2v) is 7.54. The van der Waals surface area contributed by atoms with Crippen LogP contribution in [0.3, 0.4) is 0 Å². The standard InChI is InChI=1S/C19H21ClN6O2/c1-12-14(20)6-4-13-5-7-15(21-18(12)13)24-8-9-25-16(10-24)22-26(19(25)28)11-17(27)23(2)3/h4-7H,8-11H2,1-3H3. The molecule has 8 nitrogen and oxygen atoms in total. The summed E-state index contributed by atoms with van der Waals surface area (Å²) >= 11 is 6.24. The Hall–Kier alpha value is -2.87. The van der Waals surface area contributed by atoms with Gasteiger partial charge in [0.25, 0.3) is 0 Å². The lowest BCUT2D eigenvalue weighted by Crippen LogP contribution is -2.38. The fourth-order valence-corrected chi connectivity index (χ4v) is 3.49. The Labute approximate surface area is 166 Å². The van der Waals surface area contributed by atoms with Crippen LogP contribution in [0.5, 0.6) is 0 Å². The third kappa shape index (κ3) is 3.13. The molecule has 0 spiro atoms. The number of rotatable bonds is 3. The summed E-state index contributed by atoms with van der Waals surface area (Å²) in [5.74, 6) is 1.28. The van der Waals surface area contributed by atoms with Gasteiger partial charge in [0.1, 0.15) is 12.4 Å². The highest BCUT2D eigenvalue weighted by Crippen LogP contribution is 2.27. The van der Waals surface area contributed by atoms with Crippen LogP contribution in [0.4, 0.5) is 5.82 Å². The lowest BCUT2D eigenvalue weighted by Gasteiger charge is -2.27. The maximum absolute atomic E-state index is 12.5. The fraction of sp³-hybridized carbons (Fsp3) is 0.368. The van der Waals surface area contributed by atoms with Crippen molar-refractivity contribution < 1.29 is 4.79 Å². The molecule has 0 radical (unpaired) electrons. The number of carbonyl (C=O) groups excluding carboxylic acids is 1. The molecule has 0 saturated heterocycles. The molecule has 0 aliphatic carbocycles. The van der Waals surface area contributed by atoms with E-state index in [1.807, 2.05) is 31.2 Å². The van der Waals surface area contributed by atoms with E-state index in [9.17, 15) is 9.59 Å². The first-order chi connectivity index (χ1) is 13.3. The van der Waals surface area contributed by atoms with E-state index in [1.165, 1.54) is 9.58 Å². The summed E-state index contributed by atoms with van der Waals surface area (Å²) in [6, 6.07) is 7.83. The Kier molecular flexibility index (Phi) is 4.58. The van der Waals surface area contributed by atoms with Gasteiger partial charge in [-0.2, -0.15) is 5.10 Å². The molecule has 1 aliphatic heterocycles. The van der Waals surface area contributed by atoms with Gasteiger partial charge in [0.2, 0.25) is 5.91 Å². The van der Waals surface area contributed by atoms with Crippen LogP contribution < -0.4 is 10.6 Å². The monoisotopic (exact) mass is 400 g/mol. The van der Waals surface area contributed by atoms with E-state index < -0.39 is 0 Å². The van der Waals surface area contributed by atoms with Crippen molar-refractivity contribution >= 4 is 34.2 Å². The van der Waals surface area contributed by atoms with Gasteiger partial charge in [-0.3, -0.25) is 9.36 Å². The number of benzene rings is 1. The molecule has 0 bridgehead atoms. The molecule has 0 N–H and O–H groups in total. The molecular weight excluding hydrogens is 380 g/mol. The van der Waals surface area contributed by atoms with Crippen LogP contribution in [0.2, 0.25) is 5.02 Å². The smallest absolute Gasteiger partial charge is 0.346 e. The predicted molar refractivity (Wildman–Crippen MR) is 108 cm³/mol. The van der Waals surface area contributed by atoms with Crippen molar-refractivity contribution in [1.82, 2.24) is 24.2 Å². The van der Waals surface area contributed by atoms with Crippen LogP contribution in [0.15, 0.2) is 29.1 Å². The van der Waals surface area contributed by atoms with Crippen LogP contribution in [0.25, 0.3) is 10.9 Å². The van der Waals surface area contributed by atoms with Crippen LogP contribution in [0.1, 0.15) is 11.4 Å². The van der Waals surface area contributed by atoms with Crippen molar-refractivity contribution in [2.45, 2.75) is 26.6 Å². The number of carbonyl (C=O) groups is 1. The van der Waals surface area contributed by atoms with E-state index in [0.29, 0.717) is 30.5 Å². The number of likely N-dealkylation sites (N-methyl/N-ethyl adjacent to an activating group) is 1. The lowest BCUT2D eigenvalue weighted by atomic mass is 10.1. The molecule has 3 heterocycles. The highest BCUT2D eigenvalue weighted by molar-refractivity contribution is 6.32. The zero-order valence-electron chi connectivity index (χ0n) is 16.0. The zero-order chi connectivity index (χ0) is 20.0. The van der Waals surface area contributed by atoms with Gasteiger partial charge in [0, 0.05) is 37.6 Å². The minimum Gasteiger partial charge on any atom is -0.347 e. The Morgan fingerprint density at radius 2 is 1.96 bits per heavy atom. The minimum atomic E-state index is -0.251. The fourth-order valence-electron chi connectivity index (χ4n) is 3.34. The Morgan fingerprint density at radius 3 is 2.71 bits per heavy atom. The Balaban J connectivity index is 1.64. The topological polar surface area (TPSA) is 76.3 Å². The minimum absolute atomic E-state index is 0.0578. The average Bonchev–Trinajstić information content (AvgIpc) is 2.99. The molecule has 0 saturated carbocycles. The van der Waals surface area contributed by atoms with Gasteiger partial charge in [-0.1, -0.05) is 17.7 Å². The largest absolute Gasteiger partial charge is 0.347 e. The third-order valence-corrected chi connectivity index (χ3v) is 5.48. The van der Waals surface area contributed by atoms with Gasteiger partial charge in [0.05, 0.1) is 12.1 Å². The molecule has 4 rings (SSSR count). The van der Waals surface area contributed by atoms with Crippen molar-refractivity contribution in [2.75, 3.05) is 25.5 Å². The van der Waals surface area contributed by atoms with E-state index in [4.69, 9.17) is 16.6 Å². The van der Waals surface area contributed by atoms with Gasteiger partial charge in [0.15, 0.2) is 5.82 Å². The molecule has 1 amide bonds. The van der Waals surface area contributed by atoms with Gasteiger partial charge < -0.3 is 9.80 Å². The summed E-state index contributed by atoms with van der Waals surface area (Å²) in [5.41, 5.74) is 1.57. The second-order valence-electron chi connectivity index (χ2n) is 7.13. The number of hydrogen-bond donors (Lipinski definition) is 0. The molecule has 28 heavy (non-hydrogen) atoms. The molecule has 3 aromatic rings. The highest BCUT2D eigenvalue weighted by Gasteiger charge is 2.24. The van der Waals surface area contributed by atoms with Crippen LogP contribution >= 0.6 is 11.6 Å². The van der Waals surface area contributed by atoms with Crippen molar-refractivity contribution in [2.24, 2.45) is 0 Å². The number of pyridine rings is 1. The first kappa shape index (κ1) is 18.5. The number of aryl methyl sites for hydroxylation is 1. The zero-order valence-corrected chi connectivity index (χ0v) is 16.8. The summed E-state index contributed by atoms with van der Waals surface area (Å²) in [6.45, 7) is 3.49. The van der Waals surface area contributed by atoms with E-state index in [2.05, 4.69) is 10.00 Å². The summed E-state index contributed by atoms with van der Waals surface area (Å²) in [7, 11) is 3.31. The SMILES string of the molecule is Cc1c(Cl)ccc2ccc(N3CCn4c(nn(CC(=O)N(C)C)c4=O)C3)nc12. The first-order valence-electron chi connectivity index (χ1n) is 9.02. The maximum atomic E-state index is 12.5. The predicted octanol–water partition coefficient (Wildman–Crippen LogP) is 1.66. The first-order valence-corrected chi connectivity index (χ1v) is 9.40. The van der Waals surface area contributed by atoms with Gasteiger partial charge >= 0.3 is 5.69 Å². The number of nitrogens with zero attached hydrogens (tertiary/aromatic N) is 6. The van der Waals surface area contributed by atoms with E-state index in [1.54, 1.807) is 18.7 Å². The van der Waals surface area contributed by atoms with Gasteiger partial charge in [-0.05, 0) is 30.7 Å². The molecule has 1 aromatic carbocycles. The van der Waals surface area contributed by atoms with Crippen molar-refractivity contribution in [1.29, 1.82) is 0 Å². The van der Waals surface area contributed by atoms with Crippen LogP contribution in [-0.2, 0) is 24.4 Å². The quantitative estimate of drug-likeness (QED) is 0.668. The average molecular weight is 401 g/mol. The normalized spacial score (nSPS) is 13.6. The number of fused-ring (bicyclic) bond motifs is 2. The van der Waals surface area contributed by atoms with Crippen LogP contribution in [0, 0.1) is 6.92 Å². The molecule has 1 aliphatic rings. The molecule has 0 fully saturated rings. The number of amides is 1. The summed E-state index contributed by atoms with van der Waals surface area (Å²) in [4.78, 5) is 32.8.